The molecule has 0 aliphatic heterocycles. The molecule has 0 aliphatic carbocycles. The van der Waals surface area contributed by atoms with Crippen LogP contribution in [0.1, 0.15) is 33.6 Å². The number of aromatic nitrogens is 1. The Balaban J connectivity index is 1.90. The van der Waals surface area contributed by atoms with Crippen LogP contribution in [0.3, 0.4) is 0 Å². The monoisotopic (exact) mass is 492 g/mol. The number of amides is 1. The molecule has 0 fully saturated rings. The minimum absolute atomic E-state index is 0.0314. The van der Waals surface area contributed by atoms with Crippen molar-refractivity contribution in [1.29, 1.82) is 0 Å². The quantitative estimate of drug-likeness (QED) is 0.130. The van der Waals surface area contributed by atoms with Crippen LogP contribution < -0.4 is 27.3 Å². The number of H-pyrrole nitrogens is 1. The first-order valence-electron chi connectivity index (χ1n) is 11.6. The van der Waals surface area contributed by atoms with Crippen LogP contribution in [0.25, 0.3) is 0 Å². The maximum absolute atomic E-state index is 13.6. The molecule has 10 nitrogen and oxygen atoms in total. The summed E-state index contributed by atoms with van der Waals surface area (Å²) in [4.78, 5) is 31.5. The van der Waals surface area contributed by atoms with E-state index in [4.69, 9.17) is 21.2 Å². The molecule has 1 aromatic heterocycles. The van der Waals surface area contributed by atoms with Crippen LogP contribution in [-0.4, -0.2) is 48.4 Å². The number of amidine groups is 1. The second-order valence-electron chi connectivity index (χ2n) is 8.01. The first kappa shape index (κ1) is 26.5. The van der Waals surface area contributed by atoms with Gasteiger partial charge in [0.05, 0.1) is 12.2 Å². The minimum atomic E-state index is -0.564. The summed E-state index contributed by atoms with van der Waals surface area (Å²) in [6.45, 7) is 1.26. The minimum Gasteiger partial charge on any atom is -0.483 e. The zero-order chi connectivity index (χ0) is 25.8. The average Bonchev–Trinajstić information content (AvgIpc) is 2.92. The first-order chi connectivity index (χ1) is 17.6. The van der Waals surface area contributed by atoms with Crippen LogP contribution in [0.4, 0.5) is 0 Å². The molecule has 0 spiro atoms. The summed E-state index contributed by atoms with van der Waals surface area (Å²) in [5.74, 6) is 10.3. The summed E-state index contributed by atoms with van der Waals surface area (Å²) in [5, 5.41) is 3.51. The molecular formula is C26H32N6O4. The van der Waals surface area contributed by atoms with Crippen LogP contribution in [0, 0.1) is 0 Å². The SMILES string of the molecule is COCCN(CCCc1ccccc1)C(=O)c1[nH]cc(/C(=N/N)NN)c(=O)c1OCc1ccccc1. The largest absolute Gasteiger partial charge is 0.483 e. The average molecular weight is 493 g/mol. The molecule has 0 saturated heterocycles. The zero-order valence-corrected chi connectivity index (χ0v) is 20.3. The van der Waals surface area contributed by atoms with Gasteiger partial charge in [0, 0.05) is 26.4 Å². The number of pyridine rings is 1. The standard InChI is InChI=1S/C26H32N6O4/c1-35-16-15-32(14-8-13-19-9-4-2-5-10-19)26(34)22-24(36-18-20-11-6-3-7-12-20)23(33)21(17-29-22)25(30-27)31-28/h2-7,9-12,17H,8,13-16,18,27-28H2,1H3,(H,29,33)(H,30,31). The number of aryl methyl sites for hydroxylation is 1. The molecule has 1 heterocycles. The Bertz CT molecular complexity index is 1200. The summed E-state index contributed by atoms with van der Waals surface area (Å²) in [7, 11) is 1.57. The number of nitrogens with zero attached hydrogens (tertiary/aromatic N) is 2. The van der Waals surface area contributed by atoms with Crippen LogP contribution in [0.5, 0.6) is 5.75 Å². The van der Waals surface area contributed by atoms with E-state index in [0.717, 1.165) is 18.4 Å². The third kappa shape index (κ3) is 6.94. The Morgan fingerprint density at radius 2 is 1.72 bits per heavy atom. The second kappa shape index (κ2) is 13.7. The van der Waals surface area contributed by atoms with Crippen molar-refractivity contribution in [3.63, 3.8) is 0 Å². The molecule has 6 N–H and O–H groups in total. The van der Waals surface area contributed by atoms with Crippen molar-refractivity contribution in [3.8, 4) is 5.75 Å². The summed E-state index contributed by atoms with van der Waals surface area (Å²) in [6.07, 6.45) is 2.89. The van der Waals surface area contributed by atoms with E-state index in [2.05, 4.69) is 27.6 Å². The lowest BCUT2D eigenvalue weighted by Crippen LogP contribution is -2.39. The van der Waals surface area contributed by atoms with Gasteiger partial charge < -0.3 is 30.6 Å². The number of aromatic amines is 1. The predicted molar refractivity (Wildman–Crippen MR) is 138 cm³/mol. The van der Waals surface area contributed by atoms with Gasteiger partial charge in [-0.2, -0.15) is 5.10 Å². The molecule has 0 radical (unpaired) electrons. The molecule has 2 aromatic carbocycles. The van der Waals surface area contributed by atoms with E-state index >= 15 is 0 Å². The van der Waals surface area contributed by atoms with Gasteiger partial charge in [0.2, 0.25) is 5.43 Å². The number of nitrogens with two attached hydrogens (primary N) is 2. The Morgan fingerprint density at radius 3 is 2.33 bits per heavy atom. The number of nitrogens with one attached hydrogen (secondary N) is 2. The number of hydrogen-bond donors (Lipinski definition) is 4. The third-order valence-electron chi connectivity index (χ3n) is 5.59. The number of carbonyl (C=O) groups is 1. The summed E-state index contributed by atoms with van der Waals surface area (Å²) >= 11 is 0. The molecule has 3 aromatic rings. The number of hydrogen-bond acceptors (Lipinski definition) is 7. The summed E-state index contributed by atoms with van der Waals surface area (Å²) in [6, 6.07) is 19.4. The summed E-state index contributed by atoms with van der Waals surface area (Å²) in [5.41, 5.74) is 3.83. The highest BCUT2D eigenvalue weighted by Gasteiger charge is 2.25. The van der Waals surface area contributed by atoms with Crippen LogP contribution in [-0.2, 0) is 17.8 Å². The Morgan fingerprint density at radius 1 is 1.06 bits per heavy atom. The van der Waals surface area contributed by atoms with Gasteiger partial charge in [-0.3, -0.25) is 9.59 Å². The fourth-order valence-corrected chi connectivity index (χ4v) is 3.69. The number of hydrazine groups is 1. The Hall–Kier alpha value is -4.15. The van der Waals surface area contributed by atoms with Crippen LogP contribution in [0.2, 0.25) is 0 Å². The smallest absolute Gasteiger partial charge is 0.274 e. The third-order valence-corrected chi connectivity index (χ3v) is 5.59. The molecule has 190 valence electrons. The Labute approximate surface area is 209 Å². The number of ether oxygens (including phenoxy) is 2. The molecule has 0 unspecified atom stereocenters. The van der Waals surface area contributed by atoms with E-state index in [-0.39, 0.29) is 35.4 Å². The van der Waals surface area contributed by atoms with Crippen molar-refractivity contribution in [2.24, 2.45) is 16.8 Å². The van der Waals surface area contributed by atoms with Gasteiger partial charge in [-0.25, -0.2) is 5.84 Å². The van der Waals surface area contributed by atoms with Gasteiger partial charge in [-0.1, -0.05) is 60.7 Å². The van der Waals surface area contributed by atoms with Crippen LogP contribution in [0.15, 0.2) is 76.8 Å². The molecule has 0 bridgehead atoms. The molecule has 0 aliphatic rings. The van der Waals surface area contributed by atoms with Crippen molar-refractivity contribution in [1.82, 2.24) is 15.3 Å². The topological polar surface area (TPSA) is 148 Å². The highest BCUT2D eigenvalue weighted by molar-refractivity contribution is 6.00. The fourth-order valence-electron chi connectivity index (χ4n) is 3.69. The lowest BCUT2D eigenvalue weighted by Gasteiger charge is -2.23. The highest BCUT2D eigenvalue weighted by atomic mass is 16.5. The van der Waals surface area contributed by atoms with Crippen molar-refractivity contribution in [2.45, 2.75) is 19.4 Å². The number of methoxy groups -OCH3 is 1. The number of hydrazone groups is 1. The maximum Gasteiger partial charge on any atom is 0.274 e. The van der Waals surface area contributed by atoms with Crippen molar-refractivity contribution in [3.05, 3.63) is 99.5 Å². The van der Waals surface area contributed by atoms with Gasteiger partial charge in [0.15, 0.2) is 17.3 Å². The second-order valence-corrected chi connectivity index (χ2v) is 8.01. The zero-order valence-electron chi connectivity index (χ0n) is 20.3. The first-order valence-corrected chi connectivity index (χ1v) is 11.6. The van der Waals surface area contributed by atoms with Crippen molar-refractivity contribution < 1.29 is 14.3 Å². The Kier molecular flexibility index (Phi) is 10.0. The van der Waals surface area contributed by atoms with E-state index in [1.165, 1.54) is 11.8 Å². The van der Waals surface area contributed by atoms with Gasteiger partial charge in [-0.15, -0.1) is 0 Å². The lowest BCUT2D eigenvalue weighted by atomic mass is 10.1. The van der Waals surface area contributed by atoms with Gasteiger partial charge in [0.25, 0.3) is 5.91 Å². The van der Waals surface area contributed by atoms with Gasteiger partial charge in [0.1, 0.15) is 6.61 Å². The van der Waals surface area contributed by atoms with Gasteiger partial charge in [-0.05, 0) is 24.0 Å². The van der Waals surface area contributed by atoms with E-state index in [9.17, 15) is 9.59 Å². The van der Waals surface area contributed by atoms with Crippen molar-refractivity contribution in [2.75, 3.05) is 26.8 Å². The molecule has 0 saturated carbocycles. The van der Waals surface area contributed by atoms with Crippen molar-refractivity contribution >= 4 is 11.7 Å². The highest BCUT2D eigenvalue weighted by Crippen LogP contribution is 2.17. The van der Waals surface area contributed by atoms with Gasteiger partial charge >= 0.3 is 0 Å². The molecule has 10 heteroatoms. The maximum atomic E-state index is 13.6. The van der Waals surface area contributed by atoms with Crippen LogP contribution >= 0.6 is 0 Å². The molecule has 3 rings (SSSR count). The van der Waals surface area contributed by atoms with E-state index < -0.39 is 5.43 Å². The number of rotatable bonds is 12. The summed E-state index contributed by atoms with van der Waals surface area (Å²) < 4.78 is 11.1. The number of carbonyl (C=O) groups excluding carboxylic acids is 1. The lowest BCUT2D eigenvalue weighted by molar-refractivity contribution is 0.0682. The molecular weight excluding hydrogens is 460 g/mol. The molecule has 1 amide bonds. The molecule has 36 heavy (non-hydrogen) atoms. The predicted octanol–water partition coefficient (Wildman–Crippen LogP) is 1.76. The normalized spacial score (nSPS) is 11.2. The van der Waals surface area contributed by atoms with E-state index in [1.807, 2.05) is 48.5 Å². The fraction of sp³-hybridized carbons (Fsp3) is 0.269. The van der Waals surface area contributed by atoms with E-state index in [0.29, 0.717) is 19.7 Å². The molecule has 0 atom stereocenters. The van der Waals surface area contributed by atoms with E-state index in [1.54, 1.807) is 12.0 Å². The number of benzene rings is 2.